The molecule has 0 aliphatic carbocycles. The van der Waals surface area contributed by atoms with Gasteiger partial charge < -0.3 is 20.4 Å². The van der Waals surface area contributed by atoms with E-state index >= 15 is 0 Å². The van der Waals surface area contributed by atoms with E-state index in [-0.39, 0.29) is 5.91 Å². The Hall–Kier alpha value is -3.69. The highest BCUT2D eigenvalue weighted by Crippen LogP contribution is 2.35. The van der Waals surface area contributed by atoms with Gasteiger partial charge >= 0.3 is 0 Å². The largest absolute Gasteiger partial charge is 0.354 e. The lowest BCUT2D eigenvalue weighted by Gasteiger charge is -2.33. The van der Waals surface area contributed by atoms with Crippen LogP contribution in [0.1, 0.15) is 15.9 Å². The number of aromatic nitrogens is 4. The molecule has 34 heavy (non-hydrogen) atoms. The van der Waals surface area contributed by atoms with Gasteiger partial charge in [0.25, 0.3) is 5.91 Å². The summed E-state index contributed by atoms with van der Waals surface area (Å²) >= 11 is 6.01. The van der Waals surface area contributed by atoms with E-state index in [1.54, 1.807) is 12.3 Å². The smallest absolute Gasteiger partial charge is 0.254 e. The number of nitrogens with zero attached hydrogens (tertiary/aromatic N) is 6. The molecule has 0 unspecified atom stereocenters. The first-order valence-electron chi connectivity index (χ1n) is 11.2. The van der Waals surface area contributed by atoms with Crippen molar-refractivity contribution in [2.45, 2.75) is 6.54 Å². The molecule has 0 spiro atoms. The molecule has 0 radical (unpaired) electrons. The van der Waals surface area contributed by atoms with E-state index < -0.39 is 0 Å². The molecule has 4 aromatic rings. The summed E-state index contributed by atoms with van der Waals surface area (Å²) < 4.78 is 1.87. The normalized spacial score (nSPS) is 16.1. The number of nitrogens with one attached hydrogen (secondary N) is 2. The molecule has 6 rings (SSSR count). The van der Waals surface area contributed by atoms with Crippen LogP contribution in [0.15, 0.2) is 48.8 Å². The van der Waals surface area contributed by atoms with Gasteiger partial charge in [0, 0.05) is 44.5 Å². The van der Waals surface area contributed by atoms with Gasteiger partial charge in [0.2, 0.25) is 5.78 Å². The number of anilines is 3. The summed E-state index contributed by atoms with van der Waals surface area (Å²) in [6.45, 7) is 4.36. The highest BCUT2D eigenvalue weighted by atomic mass is 35.5. The number of hydrogen-bond acceptors (Lipinski definition) is 7. The second-order valence-corrected chi connectivity index (χ2v) is 8.94. The number of fused-ring (bicyclic) bond motifs is 2. The zero-order valence-electron chi connectivity index (χ0n) is 18.6. The number of amides is 1. The van der Waals surface area contributed by atoms with E-state index in [4.69, 9.17) is 16.6 Å². The fraction of sp³-hybridized carbons (Fsp3) is 0.250. The molecule has 5 heterocycles. The minimum Gasteiger partial charge on any atom is -0.354 e. The Kier molecular flexibility index (Phi) is 5.08. The van der Waals surface area contributed by atoms with Gasteiger partial charge in [-0.2, -0.15) is 0 Å². The maximum atomic E-state index is 12.8. The van der Waals surface area contributed by atoms with Gasteiger partial charge in [-0.3, -0.25) is 9.20 Å². The molecular weight excluding hydrogens is 452 g/mol. The van der Waals surface area contributed by atoms with Crippen LogP contribution in [-0.2, 0) is 6.54 Å². The topological polar surface area (TPSA) is 90.7 Å². The van der Waals surface area contributed by atoms with E-state index in [9.17, 15) is 4.79 Å². The van der Waals surface area contributed by atoms with Crippen LogP contribution in [0.4, 0.5) is 17.3 Å². The summed E-state index contributed by atoms with van der Waals surface area (Å²) in [5, 5.41) is 6.72. The molecule has 0 bridgehead atoms. The number of likely N-dealkylation sites (N-methyl/N-ethyl adjacent to an activating group) is 1. The van der Waals surface area contributed by atoms with Crippen LogP contribution in [-0.4, -0.2) is 63.4 Å². The molecule has 1 fully saturated rings. The summed E-state index contributed by atoms with van der Waals surface area (Å²) in [5.74, 6) is 2.05. The maximum Gasteiger partial charge on any atom is 0.254 e. The summed E-state index contributed by atoms with van der Waals surface area (Å²) in [7, 11) is 2.14. The Labute approximate surface area is 201 Å². The molecule has 2 N–H and O–H groups in total. The van der Waals surface area contributed by atoms with E-state index in [1.807, 2.05) is 40.9 Å². The maximum absolute atomic E-state index is 12.8. The third kappa shape index (κ3) is 3.63. The van der Waals surface area contributed by atoms with Crippen LogP contribution in [0.25, 0.3) is 17.0 Å². The molecule has 1 aromatic carbocycles. The number of carbonyl (C=O) groups excluding carboxylic acids is 1. The Balaban J connectivity index is 1.35. The molecule has 0 atom stereocenters. The van der Waals surface area contributed by atoms with Gasteiger partial charge in [-0.05, 0) is 36.9 Å². The van der Waals surface area contributed by atoms with Crippen molar-refractivity contribution in [1.29, 1.82) is 0 Å². The quantitative estimate of drug-likeness (QED) is 0.439. The molecule has 2 aliphatic rings. The summed E-state index contributed by atoms with van der Waals surface area (Å²) in [5.41, 5.74) is 4.05. The number of pyridine rings is 1. The SMILES string of the molecule is CN1CCN(c2cccc(Nc3ccc(-c4cnc5nc(Cl)ccn45)c4c3C(=O)NC4)n2)CC1. The second kappa shape index (κ2) is 8.27. The van der Waals surface area contributed by atoms with Crippen molar-refractivity contribution in [3.8, 4) is 11.3 Å². The van der Waals surface area contributed by atoms with Gasteiger partial charge in [0.15, 0.2) is 0 Å². The Morgan fingerprint density at radius 1 is 1.06 bits per heavy atom. The molecule has 10 heteroatoms. The lowest BCUT2D eigenvalue weighted by molar-refractivity contribution is 0.0966. The number of carbonyl (C=O) groups is 1. The Bertz CT molecular complexity index is 1410. The van der Waals surface area contributed by atoms with Crippen molar-refractivity contribution < 1.29 is 4.79 Å². The standard InChI is InChI=1S/C24H23ClN8O/c1-31-9-11-32(12-10-31)21-4-2-3-20(30-21)28-17-6-5-15(16-13-26-23(34)22(16)17)18-14-27-24-29-19(25)7-8-33(18)24/h2-8,14H,9-13H2,1H3,(H,26,34)(H,28,30). The summed E-state index contributed by atoms with van der Waals surface area (Å²) in [6, 6.07) is 11.6. The lowest BCUT2D eigenvalue weighted by Crippen LogP contribution is -2.44. The minimum absolute atomic E-state index is 0.107. The zero-order valence-corrected chi connectivity index (χ0v) is 19.4. The molecule has 2 aliphatic heterocycles. The van der Waals surface area contributed by atoms with Crippen molar-refractivity contribution in [2.75, 3.05) is 43.4 Å². The van der Waals surface area contributed by atoms with Gasteiger partial charge in [0.1, 0.15) is 16.8 Å². The van der Waals surface area contributed by atoms with Crippen molar-refractivity contribution in [2.24, 2.45) is 0 Å². The van der Waals surface area contributed by atoms with E-state index in [0.717, 1.165) is 54.5 Å². The first-order chi connectivity index (χ1) is 16.6. The van der Waals surface area contributed by atoms with Crippen molar-refractivity contribution in [3.05, 3.63) is 65.1 Å². The van der Waals surface area contributed by atoms with Gasteiger partial charge in [0.05, 0.1) is 23.1 Å². The number of rotatable bonds is 4. The summed E-state index contributed by atoms with van der Waals surface area (Å²) in [6.07, 6.45) is 3.59. The Morgan fingerprint density at radius 2 is 1.91 bits per heavy atom. The van der Waals surface area contributed by atoms with Crippen molar-refractivity contribution >= 4 is 40.6 Å². The number of imidazole rings is 1. The highest BCUT2D eigenvalue weighted by Gasteiger charge is 2.27. The molecular formula is C24H23ClN8O. The molecule has 0 saturated carbocycles. The van der Waals surface area contributed by atoms with Gasteiger partial charge in [-0.15, -0.1) is 0 Å². The van der Waals surface area contributed by atoms with Crippen LogP contribution >= 0.6 is 11.6 Å². The van der Waals surface area contributed by atoms with Crippen LogP contribution in [0, 0.1) is 0 Å². The molecule has 3 aromatic heterocycles. The van der Waals surface area contributed by atoms with E-state index in [1.165, 1.54) is 0 Å². The number of hydrogen-bond donors (Lipinski definition) is 2. The lowest BCUT2D eigenvalue weighted by atomic mass is 9.99. The number of halogens is 1. The van der Waals surface area contributed by atoms with E-state index in [2.05, 4.69) is 37.4 Å². The highest BCUT2D eigenvalue weighted by molar-refractivity contribution is 6.29. The fourth-order valence-electron chi connectivity index (χ4n) is 4.58. The first-order valence-corrected chi connectivity index (χ1v) is 11.6. The molecule has 1 amide bonds. The average molecular weight is 475 g/mol. The second-order valence-electron chi connectivity index (χ2n) is 8.56. The Morgan fingerprint density at radius 3 is 2.76 bits per heavy atom. The van der Waals surface area contributed by atoms with E-state index in [0.29, 0.717) is 28.9 Å². The predicted octanol–water partition coefficient (Wildman–Crippen LogP) is 3.18. The third-order valence-electron chi connectivity index (χ3n) is 6.41. The fourth-order valence-corrected chi connectivity index (χ4v) is 4.72. The zero-order chi connectivity index (χ0) is 23.2. The minimum atomic E-state index is -0.107. The number of benzene rings is 1. The molecule has 1 saturated heterocycles. The van der Waals surface area contributed by atoms with Crippen LogP contribution in [0.5, 0.6) is 0 Å². The van der Waals surface area contributed by atoms with Crippen molar-refractivity contribution in [3.63, 3.8) is 0 Å². The monoisotopic (exact) mass is 474 g/mol. The number of piperazine rings is 1. The first kappa shape index (κ1) is 20.9. The van der Waals surface area contributed by atoms with Crippen molar-refractivity contribution in [1.82, 2.24) is 29.6 Å². The molecule has 9 nitrogen and oxygen atoms in total. The predicted molar refractivity (Wildman–Crippen MR) is 132 cm³/mol. The van der Waals surface area contributed by atoms with Crippen LogP contribution in [0.3, 0.4) is 0 Å². The molecule has 172 valence electrons. The third-order valence-corrected chi connectivity index (χ3v) is 6.62. The van der Waals surface area contributed by atoms with Crippen LogP contribution < -0.4 is 15.5 Å². The average Bonchev–Trinajstić information content (AvgIpc) is 3.44. The van der Waals surface area contributed by atoms with Crippen LogP contribution in [0.2, 0.25) is 5.15 Å². The van der Waals surface area contributed by atoms with Gasteiger partial charge in [-0.1, -0.05) is 23.7 Å². The summed E-state index contributed by atoms with van der Waals surface area (Å²) in [4.78, 5) is 30.9. The van der Waals surface area contributed by atoms with Gasteiger partial charge in [-0.25, -0.2) is 15.0 Å².